The molecule has 0 saturated heterocycles. The van der Waals surface area contributed by atoms with Crippen molar-refractivity contribution in [3.8, 4) is 22.0 Å². The number of ether oxygens (including phenoxy) is 1. The van der Waals surface area contributed by atoms with Gasteiger partial charge >= 0.3 is 0 Å². The maximum absolute atomic E-state index is 13.1. The van der Waals surface area contributed by atoms with Crippen LogP contribution in [0.2, 0.25) is 0 Å². The van der Waals surface area contributed by atoms with Crippen molar-refractivity contribution in [3.63, 3.8) is 0 Å². The molecule has 33 heavy (non-hydrogen) atoms. The molecule has 0 aliphatic rings. The Morgan fingerprint density at radius 3 is 2.70 bits per heavy atom. The number of rotatable bonds is 13. The number of hydrogen-bond acceptors (Lipinski definition) is 4. The van der Waals surface area contributed by atoms with Crippen molar-refractivity contribution in [1.29, 1.82) is 0 Å². The minimum atomic E-state index is 0.00713. The number of carbonyl (C=O) groups excluding carboxylic acids is 1. The average molecular weight is 468 g/mol. The fourth-order valence-electron chi connectivity index (χ4n) is 4.12. The molecule has 1 N–H and O–H groups in total. The summed E-state index contributed by atoms with van der Waals surface area (Å²) in [7, 11) is 1.72. The second kappa shape index (κ2) is 12.7. The van der Waals surface area contributed by atoms with Gasteiger partial charge in [-0.25, -0.2) is 4.98 Å². The predicted octanol–water partition coefficient (Wildman–Crippen LogP) is 6.57. The molecule has 2 aromatic heterocycles. The molecule has 6 heteroatoms. The first-order valence-corrected chi connectivity index (χ1v) is 13.0. The maximum Gasteiger partial charge on any atom is 0.253 e. The summed E-state index contributed by atoms with van der Waals surface area (Å²) in [6.45, 7) is 8.64. The first kappa shape index (κ1) is 25.2. The third kappa shape index (κ3) is 6.55. The zero-order chi connectivity index (χ0) is 23.6. The van der Waals surface area contributed by atoms with Crippen molar-refractivity contribution >= 4 is 17.2 Å². The van der Waals surface area contributed by atoms with Crippen molar-refractivity contribution in [2.45, 2.75) is 59.4 Å². The Labute approximate surface area is 202 Å². The number of thiazole rings is 1. The van der Waals surface area contributed by atoms with E-state index in [1.54, 1.807) is 18.4 Å². The minimum absolute atomic E-state index is 0.00713. The highest BCUT2D eigenvalue weighted by molar-refractivity contribution is 7.13. The summed E-state index contributed by atoms with van der Waals surface area (Å²) in [6, 6.07) is 12.2. The van der Waals surface area contributed by atoms with E-state index in [2.05, 4.69) is 41.2 Å². The zero-order valence-electron chi connectivity index (χ0n) is 20.4. The lowest BCUT2D eigenvalue weighted by atomic mass is 9.99. The minimum Gasteiger partial charge on any atom is -0.385 e. The molecule has 0 bridgehead atoms. The van der Waals surface area contributed by atoms with Gasteiger partial charge < -0.3 is 14.6 Å². The standard InChI is InChI=1S/C27H37N3O2S/c1-5-7-12-21(6-2)18-28-26(31)23-17-25(30(20(23)3)15-11-16-32-4)24-19-33-27(29-24)22-13-9-8-10-14-22/h8-10,13-14,17,19,21H,5-7,11-12,15-16,18H2,1-4H3,(H,28,31). The molecule has 0 spiro atoms. The normalized spacial score (nSPS) is 12.1. The lowest BCUT2D eigenvalue weighted by Crippen LogP contribution is -2.29. The quantitative estimate of drug-likeness (QED) is 0.289. The Morgan fingerprint density at radius 1 is 1.21 bits per heavy atom. The molecule has 0 aliphatic carbocycles. The van der Waals surface area contributed by atoms with Gasteiger partial charge in [-0.15, -0.1) is 11.3 Å². The van der Waals surface area contributed by atoms with Crippen LogP contribution >= 0.6 is 11.3 Å². The summed E-state index contributed by atoms with van der Waals surface area (Å²) in [5, 5.41) is 6.27. The van der Waals surface area contributed by atoms with E-state index >= 15 is 0 Å². The number of methoxy groups -OCH3 is 1. The Morgan fingerprint density at radius 2 is 2.00 bits per heavy atom. The van der Waals surface area contributed by atoms with Gasteiger partial charge in [-0.3, -0.25) is 4.79 Å². The molecule has 1 amide bonds. The lowest BCUT2D eigenvalue weighted by molar-refractivity contribution is 0.0945. The third-order valence-electron chi connectivity index (χ3n) is 6.22. The summed E-state index contributed by atoms with van der Waals surface area (Å²) < 4.78 is 7.48. The van der Waals surface area contributed by atoms with Crippen molar-refractivity contribution in [2.24, 2.45) is 5.92 Å². The van der Waals surface area contributed by atoms with Crippen LogP contribution in [-0.4, -0.2) is 35.7 Å². The molecule has 0 saturated carbocycles. The van der Waals surface area contributed by atoms with Crippen LogP contribution in [0.1, 0.15) is 62.0 Å². The third-order valence-corrected chi connectivity index (χ3v) is 7.11. The van der Waals surface area contributed by atoms with Crippen molar-refractivity contribution in [2.75, 3.05) is 20.3 Å². The molecule has 3 aromatic rings. The lowest BCUT2D eigenvalue weighted by Gasteiger charge is -2.15. The first-order chi connectivity index (χ1) is 16.1. The molecule has 0 fully saturated rings. The first-order valence-electron chi connectivity index (χ1n) is 12.1. The van der Waals surface area contributed by atoms with E-state index in [1.807, 2.05) is 31.2 Å². The second-order valence-corrected chi connectivity index (χ2v) is 9.42. The molecule has 178 valence electrons. The molecule has 1 atom stereocenters. The van der Waals surface area contributed by atoms with E-state index in [0.29, 0.717) is 12.5 Å². The molecular weight excluding hydrogens is 430 g/mol. The molecule has 0 aliphatic heterocycles. The average Bonchev–Trinajstić information content (AvgIpc) is 3.45. The monoisotopic (exact) mass is 467 g/mol. The Kier molecular flexibility index (Phi) is 9.70. The summed E-state index contributed by atoms with van der Waals surface area (Å²) in [5.74, 6) is 0.539. The number of unbranched alkanes of at least 4 members (excludes halogenated alkanes) is 1. The van der Waals surface area contributed by atoms with Crippen LogP contribution in [0.15, 0.2) is 41.8 Å². The van der Waals surface area contributed by atoms with Gasteiger partial charge in [0.05, 0.1) is 17.0 Å². The van der Waals surface area contributed by atoms with Crippen LogP contribution in [0.3, 0.4) is 0 Å². The maximum atomic E-state index is 13.1. The summed E-state index contributed by atoms with van der Waals surface area (Å²) >= 11 is 1.63. The Balaban J connectivity index is 1.85. The van der Waals surface area contributed by atoms with Gasteiger partial charge in [-0.05, 0) is 31.7 Å². The summed E-state index contributed by atoms with van der Waals surface area (Å²) in [4.78, 5) is 18.1. The topological polar surface area (TPSA) is 56.2 Å². The second-order valence-electron chi connectivity index (χ2n) is 8.56. The van der Waals surface area contributed by atoms with E-state index < -0.39 is 0 Å². The highest BCUT2D eigenvalue weighted by Crippen LogP contribution is 2.31. The number of benzene rings is 1. The summed E-state index contributed by atoms with van der Waals surface area (Å²) in [6.07, 6.45) is 5.53. The number of hydrogen-bond donors (Lipinski definition) is 1. The van der Waals surface area contributed by atoms with Gasteiger partial charge in [0.25, 0.3) is 5.91 Å². The zero-order valence-corrected chi connectivity index (χ0v) is 21.2. The van der Waals surface area contributed by atoms with E-state index in [9.17, 15) is 4.79 Å². The number of nitrogens with zero attached hydrogens (tertiary/aromatic N) is 2. The molecule has 0 radical (unpaired) electrons. The molecular formula is C27H37N3O2S. The van der Waals surface area contributed by atoms with Gasteiger partial charge in [-0.2, -0.15) is 0 Å². The predicted molar refractivity (Wildman–Crippen MR) is 138 cm³/mol. The highest BCUT2D eigenvalue weighted by atomic mass is 32.1. The SMILES string of the molecule is CCCCC(CC)CNC(=O)c1cc(-c2csc(-c3ccccc3)n2)n(CCCOC)c1C. The van der Waals surface area contributed by atoms with Crippen LogP contribution < -0.4 is 5.32 Å². The van der Waals surface area contributed by atoms with Gasteiger partial charge in [0.1, 0.15) is 5.01 Å². The van der Waals surface area contributed by atoms with E-state index in [0.717, 1.165) is 65.6 Å². The number of carbonyl (C=O) groups is 1. The van der Waals surface area contributed by atoms with Gasteiger partial charge in [0, 0.05) is 43.4 Å². The number of nitrogens with one attached hydrogen (secondary N) is 1. The van der Waals surface area contributed by atoms with Gasteiger partial charge in [-0.1, -0.05) is 63.4 Å². The van der Waals surface area contributed by atoms with Crippen LogP contribution in [0.5, 0.6) is 0 Å². The molecule has 3 rings (SSSR count). The van der Waals surface area contributed by atoms with Crippen LogP contribution in [0, 0.1) is 12.8 Å². The number of aromatic nitrogens is 2. The van der Waals surface area contributed by atoms with Gasteiger partial charge in [0.15, 0.2) is 0 Å². The molecule has 1 unspecified atom stereocenters. The van der Waals surface area contributed by atoms with Crippen molar-refractivity contribution in [1.82, 2.24) is 14.9 Å². The molecule has 2 heterocycles. The molecule has 1 aromatic carbocycles. The molecule has 5 nitrogen and oxygen atoms in total. The number of amides is 1. The fraction of sp³-hybridized carbons (Fsp3) is 0.481. The van der Waals surface area contributed by atoms with Crippen LogP contribution in [0.4, 0.5) is 0 Å². The van der Waals surface area contributed by atoms with Crippen molar-refractivity contribution in [3.05, 3.63) is 53.0 Å². The largest absolute Gasteiger partial charge is 0.385 e. The van der Waals surface area contributed by atoms with Crippen LogP contribution in [-0.2, 0) is 11.3 Å². The smallest absolute Gasteiger partial charge is 0.253 e. The highest BCUT2D eigenvalue weighted by Gasteiger charge is 2.21. The Bertz CT molecular complexity index is 1010. The van der Waals surface area contributed by atoms with E-state index in [-0.39, 0.29) is 5.91 Å². The van der Waals surface area contributed by atoms with Crippen LogP contribution in [0.25, 0.3) is 22.0 Å². The van der Waals surface area contributed by atoms with E-state index in [1.165, 1.54) is 12.8 Å². The Hall–Kier alpha value is -2.44. The van der Waals surface area contributed by atoms with Crippen molar-refractivity contribution < 1.29 is 9.53 Å². The van der Waals surface area contributed by atoms with E-state index in [4.69, 9.17) is 9.72 Å². The van der Waals surface area contributed by atoms with Gasteiger partial charge in [0.2, 0.25) is 0 Å². The fourth-order valence-corrected chi connectivity index (χ4v) is 4.94. The summed E-state index contributed by atoms with van der Waals surface area (Å²) in [5.41, 5.74) is 4.73.